The molecule has 0 saturated heterocycles. The zero-order valence-corrected chi connectivity index (χ0v) is 9.63. The van der Waals surface area contributed by atoms with Crippen LogP contribution < -0.4 is 5.73 Å². The Labute approximate surface area is 101 Å². The molecule has 3 rings (SSSR count). The van der Waals surface area contributed by atoms with Crippen molar-refractivity contribution in [2.24, 2.45) is 5.73 Å². The number of aromatic nitrogens is 2. The number of rotatable bonds is 2. The molecular formula is C14H15N3. The predicted octanol–water partition coefficient (Wildman–Crippen LogP) is 2.48. The third-order valence-electron chi connectivity index (χ3n) is 3.42. The molecule has 1 fully saturated rings. The summed E-state index contributed by atoms with van der Waals surface area (Å²) in [7, 11) is 0. The largest absolute Gasteiger partial charge is 0.319 e. The first-order chi connectivity index (χ1) is 8.28. The zero-order valence-electron chi connectivity index (χ0n) is 9.63. The van der Waals surface area contributed by atoms with Crippen molar-refractivity contribution in [1.29, 1.82) is 0 Å². The second-order valence-corrected chi connectivity index (χ2v) is 4.64. The van der Waals surface area contributed by atoms with Crippen LogP contribution in [0.4, 0.5) is 0 Å². The summed E-state index contributed by atoms with van der Waals surface area (Å²) in [5.74, 6) is 0.783. The molecule has 86 valence electrons. The van der Waals surface area contributed by atoms with Gasteiger partial charge < -0.3 is 5.73 Å². The van der Waals surface area contributed by atoms with Gasteiger partial charge in [0.25, 0.3) is 0 Å². The van der Waals surface area contributed by atoms with Crippen LogP contribution in [-0.4, -0.2) is 9.97 Å². The Bertz CT molecular complexity index is 518. The van der Waals surface area contributed by atoms with Gasteiger partial charge in [0.1, 0.15) is 5.82 Å². The maximum absolute atomic E-state index is 6.25. The van der Waals surface area contributed by atoms with Gasteiger partial charge in [0.15, 0.2) is 0 Å². The number of nitrogens with two attached hydrogens (primary N) is 1. The van der Waals surface area contributed by atoms with E-state index in [1.807, 2.05) is 24.3 Å². The van der Waals surface area contributed by atoms with Crippen molar-refractivity contribution in [1.82, 2.24) is 9.97 Å². The van der Waals surface area contributed by atoms with Gasteiger partial charge in [-0.25, -0.2) is 9.97 Å². The van der Waals surface area contributed by atoms with Crippen molar-refractivity contribution in [2.75, 3.05) is 0 Å². The Hall–Kier alpha value is -1.74. The van der Waals surface area contributed by atoms with Crippen LogP contribution in [0.2, 0.25) is 0 Å². The minimum Gasteiger partial charge on any atom is -0.319 e. The van der Waals surface area contributed by atoms with E-state index >= 15 is 0 Å². The molecule has 2 N–H and O–H groups in total. The normalized spacial score (nSPS) is 17.5. The highest BCUT2D eigenvalue weighted by atomic mass is 15.0. The van der Waals surface area contributed by atoms with E-state index in [-0.39, 0.29) is 5.54 Å². The average molecular weight is 225 g/mol. The summed E-state index contributed by atoms with van der Waals surface area (Å²) >= 11 is 0. The molecule has 3 heteroatoms. The smallest absolute Gasteiger partial charge is 0.148 e. The van der Waals surface area contributed by atoms with Crippen LogP contribution in [0, 0.1) is 0 Å². The summed E-state index contributed by atoms with van der Waals surface area (Å²) in [6, 6.07) is 12.1. The second kappa shape index (κ2) is 3.93. The zero-order chi connectivity index (χ0) is 11.7. The second-order valence-electron chi connectivity index (χ2n) is 4.64. The molecule has 0 unspecified atom stereocenters. The van der Waals surface area contributed by atoms with E-state index in [0.717, 1.165) is 29.9 Å². The van der Waals surface area contributed by atoms with Gasteiger partial charge in [0.2, 0.25) is 0 Å². The van der Waals surface area contributed by atoms with E-state index in [9.17, 15) is 0 Å². The molecule has 3 nitrogen and oxygen atoms in total. The molecule has 1 aromatic heterocycles. The fourth-order valence-corrected chi connectivity index (χ4v) is 2.15. The van der Waals surface area contributed by atoms with Gasteiger partial charge in [-0.15, -0.1) is 0 Å². The van der Waals surface area contributed by atoms with E-state index in [0.29, 0.717) is 0 Å². The van der Waals surface area contributed by atoms with Gasteiger partial charge >= 0.3 is 0 Å². The molecule has 1 heterocycles. The molecule has 0 aliphatic heterocycles. The number of hydrogen-bond donors (Lipinski definition) is 1. The SMILES string of the molecule is NC1(c2nccc(-c3ccccc3)n2)CCC1. The minimum atomic E-state index is -0.287. The predicted molar refractivity (Wildman–Crippen MR) is 67.2 cm³/mol. The summed E-state index contributed by atoms with van der Waals surface area (Å²) in [5, 5.41) is 0. The van der Waals surface area contributed by atoms with Crippen LogP contribution in [0.3, 0.4) is 0 Å². The van der Waals surface area contributed by atoms with E-state index < -0.39 is 0 Å². The molecule has 0 amide bonds. The van der Waals surface area contributed by atoms with Crippen molar-refractivity contribution < 1.29 is 0 Å². The average Bonchev–Trinajstić information content (AvgIpc) is 2.37. The fraction of sp³-hybridized carbons (Fsp3) is 0.286. The molecule has 0 bridgehead atoms. The molecule has 0 radical (unpaired) electrons. The Morgan fingerprint density at radius 3 is 2.47 bits per heavy atom. The van der Waals surface area contributed by atoms with Crippen LogP contribution in [0.15, 0.2) is 42.6 Å². The lowest BCUT2D eigenvalue weighted by molar-refractivity contribution is 0.238. The van der Waals surface area contributed by atoms with Crippen molar-refractivity contribution in [2.45, 2.75) is 24.8 Å². The molecule has 1 aliphatic carbocycles. The molecule has 0 atom stereocenters. The maximum Gasteiger partial charge on any atom is 0.148 e. The quantitative estimate of drug-likeness (QED) is 0.854. The van der Waals surface area contributed by atoms with Gasteiger partial charge in [-0.3, -0.25) is 0 Å². The van der Waals surface area contributed by atoms with Gasteiger partial charge in [-0.1, -0.05) is 30.3 Å². The van der Waals surface area contributed by atoms with Crippen LogP contribution >= 0.6 is 0 Å². The first-order valence-electron chi connectivity index (χ1n) is 5.96. The number of benzene rings is 1. The number of hydrogen-bond acceptors (Lipinski definition) is 3. The lowest BCUT2D eigenvalue weighted by Crippen LogP contribution is -2.44. The number of nitrogens with zero attached hydrogens (tertiary/aromatic N) is 2. The monoisotopic (exact) mass is 225 g/mol. The highest BCUT2D eigenvalue weighted by molar-refractivity contribution is 5.58. The van der Waals surface area contributed by atoms with E-state index in [1.54, 1.807) is 6.20 Å². The van der Waals surface area contributed by atoms with Crippen molar-refractivity contribution in [3.63, 3.8) is 0 Å². The third-order valence-corrected chi connectivity index (χ3v) is 3.42. The first-order valence-corrected chi connectivity index (χ1v) is 5.96. The Kier molecular flexibility index (Phi) is 2.41. The summed E-state index contributed by atoms with van der Waals surface area (Å²) < 4.78 is 0. The van der Waals surface area contributed by atoms with E-state index in [4.69, 9.17) is 5.73 Å². The summed E-state index contributed by atoms with van der Waals surface area (Å²) in [6.45, 7) is 0. The van der Waals surface area contributed by atoms with Crippen molar-refractivity contribution in [3.8, 4) is 11.3 Å². The van der Waals surface area contributed by atoms with E-state index in [2.05, 4.69) is 22.1 Å². The third kappa shape index (κ3) is 1.83. The lowest BCUT2D eigenvalue weighted by atomic mass is 9.77. The van der Waals surface area contributed by atoms with Crippen LogP contribution in [0.5, 0.6) is 0 Å². The highest BCUT2D eigenvalue weighted by Crippen LogP contribution is 2.37. The van der Waals surface area contributed by atoms with Gasteiger partial charge in [-0.2, -0.15) is 0 Å². The molecule has 1 saturated carbocycles. The molecule has 0 spiro atoms. The standard InChI is InChI=1S/C14H15N3/c15-14(8-4-9-14)13-16-10-7-12(17-13)11-5-2-1-3-6-11/h1-3,5-7,10H,4,8-9,15H2. The van der Waals surface area contributed by atoms with Gasteiger partial charge in [0.05, 0.1) is 11.2 Å². The summed E-state index contributed by atoms with van der Waals surface area (Å²) in [5.41, 5.74) is 8.02. The molecule has 17 heavy (non-hydrogen) atoms. The van der Waals surface area contributed by atoms with Gasteiger partial charge in [0, 0.05) is 11.8 Å². The van der Waals surface area contributed by atoms with Crippen LogP contribution in [0.1, 0.15) is 25.1 Å². The Morgan fingerprint density at radius 1 is 1.06 bits per heavy atom. The molecule has 1 aliphatic rings. The minimum absolute atomic E-state index is 0.287. The fourth-order valence-electron chi connectivity index (χ4n) is 2.15. The summed E-state index contributed by atoms with van der Waals surface area (Å²) in [4.78, 5) is 8.92. The van der Waals surface area contributed by atoms with Crippen molar-refractivity contribution >= 4 is 0 Å². The van der Waals surface area contributed by atoms with Gasteiger partial charge in [-0.05, 0) is 25.3 Å². The van der Waals surface area contributed by atoms with Crippen LogP contribution in [-0.2, 0) is 5.54 Å². The Morgan fingerprint density at radius 2 is 1.82 bits per heavy atom. The molecular weight excluding hydrogens is 210 g/mol. The first kappa shape index (κ1) is 10.4. The Balaban J connectivity index is 2.00. The summed E-state index contributed by atoms with van der Waals surface area (Å²) in [6.07, 6.45) is 4.96. The maximum atomic E-state index is 6.25. The highest BCUT2D eigenvalue weighted by Gasteiger charge is 2.37. The molecule has 1 aromatic carbocycles. The topological polar surface area (TPSA) is 51.8 Å². The van der Waals surface area contributed by atoms with E-state index in [1.165, 1.54) is 6.42 Å². The van der Waals surface area contributed by atoms with Crippen molar-refractivity contribution in [3.05, 3.63) is 48.4 Å². The molecule has 2 aromatic rings. The van der Waals surface area contributed by atoms with Crippen LogP contribution in [0.25, 0.3) is 11.3 Å². The lowest BCUT2D eigenvalue weighted by Gasteiger charge is -2.36.